The lowest BCUT2D eigenvalue weighted by atomic mass is 9.90. The number of hydrogen-bond acceptors (Lipinski definition) is 3. The molecule has 3 heteroatoms. The monoisotopic (exact) mass is 198 g/mol. The maximum absolute atomic E-state index is 9.63. The molecule has 0 radical (unpaired) electrons. The van der Waals surface area contributed by atoms with Crippen LogP contribution in [0.2, 0.25) is 0 Å². The Morgan fingerprint density at radius 1 is 1.36 bits per heavy atom. The lowest BCUT2D eigenvalue weighted by Crippen LogP contribution is -2.52. The van der Waals surface area contributed by atoms with Gasteiger partial charge in [0.15, 0.2) is 0 Å². The van der Waals surface area contributed by atoms with Crippen molar-refractivity contribution >= 4 is 0 Å². The maximum atomic E-state index is 9.63. The van der Waals surface area contributed by atoms with Gasteiger partial charge >= 0.3 is 0 Å². The van der Waals surface area contributed by atoms with Crippen LogP contribution in [-0.2, 0) is 0 Å². The quantitative estimate of drug-likeness (QED) is 0.676. The Hall–Kier alpha value is -0.120. The highest BCUT2D eigenvalue weighted by Crippen LogP contribution is 2.28. The summed E-state index contributed by atoms with van der Waals surface area (Å²) >= 11 is 0. The summed E-state index contributed by atoms with van der Waals surface area (Å²) < 4.78 is 0. The molecule has 0 aromatic rings. The molecule has 2 aliphatic heterocycles. The van der Waals surface area contributed by atoms with Crippen molar-refractivity contribution in [3.05, 3.63) is 0 Å². The van der Waals surface area contributed by atoms with Gasteiger partial charge in [0.05, 0.1) is 6.10 Å². The number of hydrogen-bond donors (Lipinski definition) is 2. The molecule has 14 heavy (non-hydrogen) atoms. The van der Waals surface area contributed by atoms with Crippen molar-refractivity contribution < 1.29 is 5.11 Å². The number of aliphatic hydroxyl groups excluding tert-OH is 1. The minimum absolute atomic E-state index is 0.214. The number of likely N-dealkylation sites (tertiary alicyclic amines) is 1. The van der Waals surface area contributed by atoms with E-state index in [0.717, 1.165) is 19.0 Å². The number of piperidine rings is 1. The van der Waals surface area contributed by atoms with Gasteiger partial charge in [0, 0.05) is 18.6 Å². The highest BCUT2D eigenvalue weighted by atomic mass is 16.3. The molecular formula is C11H22N2O. The number of nitrogens with zero attached hydrogens (tertiary/aromatic N) is 1. The predicted octanol–water partition coefficient (Wildman–Crippen LogP) is 0.439. The topological polar surface area (TPSA) is 35.5 Å². The predicted molar refractivity (Wildman–Crippen MR) is 57.2 cm³/mol. The van der Waals surface area contributed by atoms with Crippen molar-refractivity contribution in [2.24, 2.45) is 5.92 Å². The van der Waals surface area contributed by atoms with Crippen LogP contribution in [0.3, 0.4) is 0 Å². The molecule has 3 nitrogen and oxygen atoms in total. The van der Waals surface area contributed by atoms with E-state index in [9.17, 15) is 5.11 Å². The third-order valence-corrected chi connectivity index (χ3v) is 3.94. The van der Waals surface area contributed by atoms with E-state index in [1.54, 1.807) is 0 Å². The molecule has 4 unspecified atom stereocenters. The van der Waals surface area contributed by atoms with Crippen molar-refractivity contribution in [2.75, 3.05) is 19.6 Å². The molecule has 0 saturated carbocycles. The molecule has 0 amide bonds. The van der Waals surface area contributed by atoms with E-state index in [1.807, 2.05) is 6.92 Å². The van der Waals surface area contributed by atoms with Crippen molar-refractivity contribution in [3.63, 3.8) is 0 Å². The molecule has 2 heterocycles. The standard InChI is InChI=1S/C11H22N2O/c1-8(9(2)14)13-5-3-4-10-6-12-7-11(10)13/h8-12,14H,3-7H2,1-2H3. The van der Waals surface area contributed by atoms with Crippen LogP contribution < -0.4 is 5.32 Å². The largest absolute Gasteiger partial charge is 0.392 e. The lowest BCUT2D eigenvalue weighted by molar-refractivity contribution is 0.0165. The molecule has 2 aliphatic rings. The Morgan fingerprint density at radius 2 is 2.14 bits per heavy atom. The summed E-state index contributed by atoms with van der Waals surface area (Å²) in [5.41, 5.74) is 0. The van der Waals surface area contributed by atoms with Gasteiger partial charge in [-0.1, -0.05) is 0 Å². The fraction of sp³-hybridized carbons (Fsp3) is 1.00. The van der Waals surface area contributed by atoms with Crippen molar-refractivity contribution in [2.45, 2.75) is 44.9 Å². The lowest BCUT2D eigenvalue weighted by Gasteiger charge is -2.42. The minimum Gasteiger partial charge on any atom is -0.392 e. The third-order valence-electron chi connectivity index (χ3n) is 3.94. The normalized spacial score (nSPS) is 37.9. The average molecular weight is 198 g/mol. The zero-order valence-corrected chi connectivity index (χ0v) is 9.24. The molecule has 82 valence electrons. The molecule has 0 aromatic heterocycles. The van der Waals surface area contributed by atoms with Crippen LogP contribution in [0.5, 0.6) is 0 Å². The van der Waals surface area contributed by atoms with Crippen LogP contribution in [0.15, 0.2) is 0 Å². The van der Waals surface area contributed by atoms with Crippen LogP contribution >= 0.6 is 0 Å². The Labute approximate surface area is 86.5 Å². The summed E-state index contributed by atoms with van der Waals surface area (Å²) in [5.74, 6) is 0.824. The molecule has 2 fully saturated rings. The first-order valence-corrected chi connectivity index (χ1v) is 5.84. The summed E-state index contributed by atoms with van der Waals surface area (Å²) in [5, 5.41) is 13.1. The van der Waals surface area contributed by atoms with Crippen LogP contribution in [0.4, 0.5) is 0 Å². The van der Waals surface area contributed by atoms with E-state index in [2.05, 4.69) is 17.1 Å². The molecule has 2 rings (SSSR count). The SMILES string of the molecule is CC(O)C(C)N1CCCC2CNCC21. The Balaban J connectivity index is 2.02. The van der Waals surface area contributed by atoms with Crippen molar-refractivity contribution in [1.82, 2.24) is 10.2 Å². The van der Waals surface area contributed by atoms with E-state index < -0.39 is 0 Å². The fourth-order valence-corrected chi connectivity index (χ4v) is 2.89. The van der Waals surface area contributed by atoms with Crippen LogP contribution in [0, 0.1) is 5.92 Å². The first-order valence-electron chi connectivity index (χ1n) is 5.84. The van der Waals surface area contributed by atoms with Crippen LogP contribution in [0.25, 0.3) is 0 Å². The maximum Gasteiger partial charge on any atom is 0.0664 e. The van der Waals surface area contributed by atoms with E-state index in [1.165, 1.54) is 19.4 Å². The van der Waals surface area contributed by atoms with Gasteiger partial charge in [-0.3, -0.25) is 4.90 Å². The first kappa shape index (κ1) is 10.4. The van der Waals surface area contributed by atoms with E-state index in [0.29, 0.717) is 12.1 Å². The van der Waals surface area contributed by atoms with Crippen molar-refractivity contribution in [1.29, 1.82) is 0 Å². The number of fused-ring (bicyclic) bond motifs is 1. The zero-order chi connectivity index (χ0) is 10.1. The Bertz CT molecular complexity index is 196. The molecular weight excluding hydrogens is 176 g/mol. The third kappa shape index (κ3) is 1.81. The van der Waals surface area contributed by atoms with E-state index in [4.69, 9.17) is 0 Å². The molecule has 0 bridgehead atoms. The summed E-state index contributed by atoms with van der Waals surface area (Å²) in [6, 6.07) is 0.982. The second kappa shape index (κ2) is 4.17. The molecule has 0 aromatic carbocycles. The highest BCUT2D eigenvalue weighted by molar-refractivity contribution is 4.94. The first-order chi connectivity index (χ1) is 6.70. The number of rotatable bonds is 2. The van der Waals surface area contributed by atoms with Gasteiger partial charge in [0.1, 0.15) is 0 Å². The van der Waals surface area contributed by atoms with Gasteiger partial charge in [-0.2, -0.15) is 0 Å². The second-order valence-electron chi connectivity index (χ2n) is 4.85. The summed E-state index contributed by atoms with van der Waals surface area (Å²) in [7, 11) is 0. The van der Waals surface area contributed by atoms with E-state index >= 15 is 0 Å². The Kier molecular flexibility index (Phi) is 3.10. The average Bonchev–Trinajstić information content (AvgIpc) is 2.63. The minimum atomic E-state index is -0.214. The van der Waals surface area contributed by atoms with Gasteiger partial charge in [-0.15, -0.1) is 0 Å². The molecule has 4 atom stereocenters. The molecule has 2 N–H and O–H groups in total. The van der Waals surface area contributed by atoms with Crippen molar-refractivity contribution in [3.8, 4) is 0 Å². The smallest absolute Gasteiger partial charge is 0.0664 e. The van der Waals surface area contributed by atoms with Gasteiger partial charge < -0.3 is 10.4 Å². The summed E-state index contributed by atoms with van der Waals surface area (Å²) in [6.07, 6.45) is 2.44. The van der Waals surface area contributed by atoms with Gasteiger partial charge in [0.2, 0.25) is 0 Å². The number of nitrogens with one attached hydrogen (secondary N) is 1. The fourth-order valence-electron chi connectivity index (χ4n) is 2.89. The Morgan fingerprint density at radius 3 is 2.86 bits per heavy atom. The summed E-state index contributed by atoms with van der Waals surface area (Å²) in [4.78, 5) is 2.50. The van der Waals surface area contributed by atoms with Crippen LogP contribution in [-0.4, -0.2) is 47.8 Å². The molecule has 0 spiro atoms. The zero-order valence-electron chi connectivity index (χ0n) is 9.24. The molecule has 2 saturated heterocycles. The highest BCUT2D eigenvalue weighted by Gasteiger charge is 2.37. The van der Waals surface area contributed by atoms with Crippen LogP contribution in [0.1, 0.15) is 26.7 Å². The summed E-state index contributed by atoms with van der Waals surface area (Å²) in [6.45, 7) is 7.49. The van der Waals surface area contributed by atoms with Gasteiger partial charge in [-0.25, -0.2) is 0 Å². The molecule has 0 aliphatic carbocycles. The van der Waals surface area contributed by atoms with E-state index in [-0.39, 0.29) is 6.10 Å². The second-order valence-corrected chi connectivity index (χ2v) is 4.85. The van der Waals surface area contributed by atoms with Gasteiger partial charge in [-0.05, 0) is 45.7 Å². The number of aliphatic hydroxyl groups is 1. The van der Waals surface area contributed by atoms with Gasteiger partial charge in [0.25, 0.3) is 0 Å².